The Hall–Kier alpha value is -2.50. The van der Waals surface area contributed by atoms with Gasteiger partial charge in [0.05, 0.1) is 5.56 Å². The quantitative estimate of drug-likeness (QED) is 0.939. The zero-order valence-electron chi connectivity index (χ0n) is 14.3. The van der Waals surface area contributed by atoms with E-state index in [1.165, 1.54) is 0 Å². The molecule has 24 heavy (non-hydrogen) atoms. The molecule has 2 aromatic rings. The summed E-state index contributed by atoms with van der Waals surface area (Å²) in [6.45, 7) is 4.93. The molecular formula is C18H23N3O3. The Balaban J connectivity index is 1.56. The van der Waals surface area contributed by atoms with E-state index in [4.69, 9.17) is 4.42 Å². The Morgan fingerprint density at radius 3 is 2.50 bits per heavy atom. The maximum atomic E-state index is 12.5. The fourth-order valence-electron chi connectivity index (χ4n) is 3.19. The molecule has 0 unspecified atom stereocenters. The van der Waals surface area contributed by atoms with E-state index in [-0.39, 0.29) is 17.9 Å². The van der Waals surface area contributed by atoms with Crippen LogP contribution in [0.25, 0.3) is 0 Å². The van der Waals surface area contributed by atoms with Crippen LogP contribution in [-0.2, 0) is 7.05 Å². The third-order valence-corrected chi connectivity index (χ3v) is 4.57. The van der Waals surface area contributed by atoms with Gasteiger partial charge in [-0.15, -0.1) is 0 Å². The van der Waals surface area contributed by atoms with E-state index in [9.17, 15) is 9.59 Å². The molecule has 1 aliphatic heterocycles. The number of hydrogen-bond acceptors (Lipinski definition) is 3. The molecular weight excluding hydrogens is 306 g/mol. The molecule has 1 saturated heterocycles. The minimum absolute atomic E-state index is 0.0496. The number of carbonyl (C=O) groups is 2. The zero-order chi connectivity index (χ0) is 17.3. The van der Waals surface area contributed by atoms with Gasteiger partial charge < -0.3 is 19.2 Å². The number of hydrogen-bond donors (Lipinski definition) is 1. The van der Waals surface area contributed by atoms with Gasteiger partial charge in [-0.25, -0.2) is 0 Å². The standard InChI is InChI=1S/C18H23N3O3/c1-12-11-15(13(2)24-12)17(22)19-14-6-9-21(10-7-14)18(23)16-5-4-8-20(16)3/h4-5,8,11,14H,6-7,9-10H2,1-3H3,(H,19,22). The van der Waals surface area contributed by atoms with Crippen LogP contribution in [0.5, 0.6) is 0 Å². The molecule has 1 aliphatic rings. The van der Waals surface area contributed by atoms with Crippen molar-refractivity contribution < 1.29 is 14.0 Å². The summed E-state index contributed by atoms with van der Waals surface area (Å²) in [5.74, 6) is 1.33. The first-order chi connectivity index (χ1) is 11.5. The van der Waals surface area contributed by atoms with Gasteiger partial charge in [0.2, 0.25) is 0 Å². The highest BCUT2D eigenvalue weighted by molar-refractivity contribution is 5.95. The van der Waals surface area contributed by atoms with E-state index in [2.05, 4.69) is 5.32 Å². The molecule has 2 aromatic heterocycles. The number of aromatic nitrogens is 1. The summed E-state index contributed by atoms with van der Waals surface area (Å²) >= 11 is 0. The molecule has 3 heterocycles. The lowest BCUT2D eigenvalue weighted by Crippen LogP contribution is -2.46. The van der Waals surface area contributed by atoms with Gasteiger partial charge in [-0.3, -0.25) is 9.59 Å². The molecule has 128 valence electrons. The third kappa shape index (κ3) is 3.22. The first-order valence-electron chi connectivity index (χ1n) is 8.24. The van der Waals surface area contributed by atoms with Crippen molar-refractivity contribution in [1.82, 2.24) is 14.8 Å². The van der Waals surface area contributed by atoms with E-state index in [1.54, 1.807) is 13.0 Å². The van der Waals surface area contributed by atoms with Crippen molar-refractivity contribution in [3.05, 3.63) is 47.2 Å². The van der Waals surface area contributed by atoms with Gasteiger partial charge >= 0.3 is 0 Å². The van der Waals surface area contributed by atoms with Crippen molar-refractivity contribution in [3.8, 4) is 0 Å². The molecule has 0 aromatic carbocycles. The second-order valence-corrected chi connectivity index (χ2v) is 6.37. The van der Waals surface area contributed by atoms with Crippen molar-refractivity contribution in [1.29, 1.82) is 0 Å². The van der Waals surface area contributed by atoms with Crippen molar-refractivity contribution in [2.75, 3.05) is 13.1 Å². The molecule has 6 heteroatoms. The minimum Gasteiger partial charge on any atom is -0.466 e. The fourth-order valence-corrected chi connectivity index (χ4v) is 3.19. The Morgan fingerprint density at radius 1 is 1.25 bits per heavy atom. The molecule has 3 rings (SSSR count). The summed E-state index contributed by atoms with van der Waals surface area (Å²) in [6.07, 6.45) is 3.39. The largest absolute Gasteiger partial charge is 0.466 e. The van der Waals surface area contributed by atoms with Crippen molar-refractivity contribution in [2.45, 2.75) is 32.7 Å². The summed E-state index contributed by atoms with van der Waals surface area (Å²) in [5.41, 5.74) is 1.29. The molecule has 0 bridgehead atoms. The second-order valence-electron chi connectivity index (χ2n) is 6.37. The van der Waals surface area contributed by atoms with Crippen molar-refractivity contribution in [2.24, 2.45) is 7.05 Å². The van der Waals surface area contributed by atoms with Crippen LogP contribution in [0, 0.1) is 13.8 Å². The highest BCUT2D eigenvalue weighted by atomic mass is 16.3. The average Bonchev–Trinajstić information content (AvgIpc) is 3.12. The lowest BCUT2D eigenvalue weighted by Gasteiger charge is -2.32. The molecule has 0 radical (unpaired) electrons. The topological polar surface area (TPSA) is 67.5 Å². The van der Waals surface area contributed by atoms with E-state index < -0.39 is 0 Å². The minimum atomic E-state index is -0.100. The molecule has 6 nitrogen and oxygen atoms in total. The second kappa shape index (κ2) is 6.55. The molecule has 2 amide bonds. The molecule has 1 fully saturated rings. The number of carbonyl (C=O) groups excluding carboxylic acids is 2. The number of rotatable bonds is 3. The van der Waals surface area contributed by atoms with Gasteiger partial charge in [0.1, 0.15) is 17.2 Å². The third-order valence-electron chi connectivity index (χ3n) is 4.57. The summed E-state index contributed by atoms with van der Waals surface area (Å²) in [4.78, 5) is 26.7. The Bertz CT molecular complexity index is 751. The number of aryl methyl sites for hydroxylation is 3. The van der Waals surface area contributed by atoms with Gasteiger partial charge in [0.15, 0.2) is 0 Å². The first kappa shape index (κ1) is 16.4. The number of likely N-dealkylation sites (tertiary alicyclic amines) is 1. The summed E-state index contributed by atoms with van der Waals surface area (Å²) in [5, 5.41) is 3.05. The van der Waals surface area contributed by atoms with E-state index in [0.29, 0.717) is 30.1 Å². The van der Waals surface area contributed by atoms with Crippen LogP contribution >= 0.6 is 0 Å². The molecule has 0 aliphatic carbocycles. The maximum absolute atomic E-state index is 12.5. The molecule has 0 spiro atoms. The van der Waals surface area contributed by atoms with Crippen LogP contribution in [0.3, 0.4) is 0 Å². The normalized spacial score (nSPS) is 15.5. The number of amides is 2. The van der Waals surface area contributed by atoms with Crippen LogP contribution in [0.1, 0.15) is 45.2 Å². The first-order valence-corrected chi connectivity index (χ1v) is 8.24. The van der Waals surface area contributed by atoms with Crippen LogP contribution < -0.4 is 5.32 Å². The maximum Gasteiger partial charge on any atom is 0.270 e. The van der Waals surface area contributed by atoms with Crippen LogP contribution in [0.4, 0.5) is 0 Å². The number of piperidine rings is 1. The smallest absolute Gasteiger partial charge is 0.270 e. The van der Waals surface area contributed by atoms with E-state index >= 15 is 0 Å². The van der Waals surface area contributed by atoms with E-state index in [0.717, 1.165) is 18.6 Å². The van der Waals surface area contributed by atoms with Crippen LogP contribution in [-0.4, -0.2) is 40.4 Å². The van der Waals surface area contributed by atoms with Gasteiger partial charge in [-0.05, 0) is 44.9 Å². The predicted molar refractivity (Wildman–Crippen MR) is 90.0 cm³/mol. The molecule has 1 N–H and O–H groups in total. The Labute approximate surface area is 141 Å². The lowest BCUT2D eigenvalue weighted by molar-refractivity contribution is 0.0689. The monoisotopic (exact) mass is 329 g/mol. The summed E-state index contributed by atoms with van der Waals surface area (Å²) < 4.78 is 7.24. The average molecular weight is 329 g/mol. The summed E-state index contributed by atoms with van der Waals surface area (Å²) in [6, 6.07) is 5.55. The number of nitrogens with one attached hydrogen (secondary N) is 1. The Morgan fingerprint density at radius 2 is 1.96 bits per heavy atom. The number of nitrogens with zero attached hydrogens (tertiary/aromatic N) is 2. The predicted octanol–water partition coefficient (Wildman–Crippen LogP) is 2.27. The Kier molecular flexibility index (Phi) is 4.46. The summed E-state index contributed by atoms with van der Waals surface area (Å²) in [7, 11) is 1.87. The van der Waals surface area contributed by atoms with Gasteiger partial charge in [-0.2, -0.15) is 0 Å². The van der Waals surface area contributed by atoms with Gasteiger partial charge in [-0.1, -0.05) is 0 Å². The molecule has 0 atom stereocenters. The van der Waals surface area contributed by atoms with Crippen molar-refractivity contribution >= 4 is 11.8 Å². The number of furan rings is 1. The molecule has 0 saturated carbocycles. The van der Waals surface area contributed by atoms with Gasteiger partial charge in [0, 0.05) is 32.4 Å². The zero-order valence-corrected chi connectivity index (χ0v) is 14.3. The lowest BCUT2D eigenvalue weighted by atomic mass is 10.0. The van der Waals surface area contributed by atoms with Crippen LogP contribution in [0.2, 0.25) is 0 Å². The van der Waals surface area contributed by atoms with E-state index in [1.807, 2.05) is 41.8 Å². The SMILES string of the molecule is Cc1cc(C(=O)NC2CCN(C(=O)c3cccn3C)CC2)c(C)o1. The fraction of sp³-hybridized carbons (Fsp3) is 0.444. The highest BCUT2D eigenvalue weighted by Gasteiger charge is 2.26. The highest BCUT2D eigenvalue weighted by Crippen LogP contribution is 2.17. The van der Waals surface area contributed by atoms with Crippen LogP contribution in [0.15, 0.2) is 28.8 Å². The van der Waals surface area contributed by atoms with Gasteiger partial charge in [0.25, 0.3) is 11.8 Å². The van der Waals surface area contributed by atoms with Crippen molar-refractivity contribution in [3.63, 3.8) is 0 Å².